The van der Waals surface area contributed by atoms with Crippen LogP contribution in [0.5, 0.6) is 0 Å². The van der Waals surface area contributed by atoms with Crippen molar-refractivity contribution >= 4 is 81.2 Å². The number of rotatable bonds is 4. The highest BCUT2D eigenvalue weighted by Gasteiger charge is 2.23. The number of hydrogen-bond acceptors (Lipinski definition) is 3. The molecule has 6 aromatic carbocycles. The molecule has 0 bridgehead atoms. The van der Waals surface area contributed by atoms with Gasteiger partial charge in [-0.05, 0) is 60.5 Å². The van der Waals surface area contributed by atoms with Crippen molar-refractivity contribution in [3.05, 3.63) is 150 Å². The minimum absolute atomic E-state index is 0.494. The fraction of sp³-hybridized carbons (Fsp3) is 0.0233. The van der Waals surface area contributed by atoms with Crippen LogP contribution in [-0.4, -0.2) is 9.13 Å². The molecule has 0 saturated heterocycles. The van der Waals surface area contributed by atoms with E-state index in [4.69, 9.17) is 0 Å². The maximum atomic E-state index is 10.7. The summed E-state index contributed by atoms with van der Waals surface area (Å²) in [5, 5.41) is 28.4. The molecule has 0 fully saturated rings. The number of thiophene rings is 1. The van der Waals surface area contributed by atoms with Crippen LogP contribution in [0.4, 0.5) is 0 Å². The minimum Gasteiger partial charge on any atom is -0.308 e. The van der Waals surface area contributed by atoms with Gasteiger partial charge in [0.1, 0.15) is 12.1 Å². The van der Waals surface area contributed by atoms with Gasteiger partial charge in [-0.15, -0.1) is 11.3 Å². The average Bonchev–Trinajstić information content (AvgIpc) is 3.78. The fourth-order valence-corrected chi connectivity index (χ4v) is 8.74. The fourth-order valence-electron chi connectivity index (χ4n) is 7.48. The number of hydrogen-bond donors (Lipinski definition) is 0. The summed E-state index contributed by atoms with van der Waals surface area (Å²) < 4.78 is 6.76. The van der Waals surface area contributed by atoms with Crippen LogP contribution in [0, 0.1) is 29.6 Å². The molecule has 3 heterocycles. The summed E-state index contributed by atoms with van der Waals surface area (Å²) in [4.78, 5) is 0. The van der Waals surface area contributed by atoms with Crippen LogP contribution in [-0.2, 0) is 0 Å². The van der Waals surface area contributed by atoms with Gasteiger partial charge < -0.3 is 9.13 Å². The predicted octanol–water partition coefficient (Wildman–Crippen LogP) is 11.5. The molecular weight excluding hydrogens is 605 g/mol. The van der Waals surface area contributed by atoms with E-state index in [1.165, 1.54) is 20.2 Å². The Kier molecular flexibility index (Phi) is 6.14. The standard InChI is InChI=1S/C43H26N4S/c1-3-4-11-27-18-20-36-41(26(27)2)32-13-5-8-15-34(32)46(36)38-22-29(25-45)39(23-28(38)24-44)47-35-16-9-6-14-33(35)42-37(47)21-19-31-30-12-7-10-17-40(30)48-43(31)42/h3-23H,1H2,2H3/b11-4-. The van der Waals surface area contributed by atoms with Crippen LogP contribution in [0.2, 0.25) is 0 Å². The number of aryl methyl sites for hydroxylation is 1. The second-order valence-electron chi connectivity index (χ2n) is 12.0. The number of nitrogens with zero attached hydrogens (tertiary/aromatic N) is 4. The van der Waals surface area contributed by atoms with E-state index in [1.54, 1.807) is 17.4 Å². The Morgan fingerprint density at radius 3 is 1.83 bits per heavy atom. The first-order chi connectivity index (χ1) is 23.6. The zero-order valence-corrected chi connectivity index (χ0v) is 26.8. The van der Waals surface area contributed by atoms with Crippen molar-refractivity contribution in [1.29, 1.82) is 10.5 Å². The molecule has 0 atom stereocenters. The lowest BCUT2D eigenvalue weighted by molar-refractivity contribution is 1.12. The summed E-state index contributed by atoms with van der Waals surface area (Å²) in [6, 6.07) is 42.5. The lowest BCUT2D eigenvalue weighted by Gasteiger charge is -2.15. The van der Waals surface area contributed by atoms with Crippen LogP contribution in [0.3, 0.4) is 0 Å². The van der Waals surface area contributed by atoms with E-state index in [1.807, 2.05) is 36.4 Å². The van der Waals surface area contributed by atoms with Gasteiger partial charge >= 0.3 is 0 Å². The van der Waals surface area contributed by atoms with E-state index in [9.17, 15) is 10.5 Å². The van der Waals surface area contributed by atoms with Crippen LogP contribution in [0.1, 0.15) is 22.3 Å². The number of para-hydroxylation sites is 2. The van der Waals surface area contributed by atoms with E-state index in [0.29, 0.717) is 22.5 Å². The molecule has 0 saturated carbocycles. The maximum Gasteiger partial charge on any atom is 0.101 e. The third-order valence-electron chi connectivity index (χ3n) is 9.57. The molecule has 9 rings (SSSR count). The van der Waals surface area contributed by atoms with Crippen LogP contribution in [0.15, 0.2) is 128 Å². The summed E-state index contributed by atoms with van der Waals surface area (Å²) in [6.45, 7) is 5.96. The quantitative estimate of drug-likeness (QED) is 0.182. The van der Waals surface area contributed by atoms with Gasteiger partial charge in [-0.25, -0.2) is 0 Å². The molecule has 9 aromatic rings. The Balaban J connectivity index is 1.36. The highest BCUT2D eigenvalue weighted by Crippen LogP contribution is 2.44. The zero-order chi connectivity index (χ0) is 32.5. The van der Waals surface area contributed by atoms with Crippen molar-refractivity contribution in [2.45, 2.75) is 6.92 Å². The molecule has 0 radical (unpaired) electrons. The van der Waals surface area contributed by atoms with Crippen molar-refractivity contribution in [2.24, 2.45) is 0 Å². The van der Waals surface area contributed by atoms with Gasteiger partial charge in [0.2, 0.25) is 0 Å². The van der Waals surface area contributed by atoms with Gasteiger partial charge in [0.05, 0.1) is 44.6 Å². The third kappa shape index (κ3) is 3.80. The SMILES string of the molecule is C=C/C=C\c1ccc2c(c1C)c1ccccc1n2-c1cc(C#N)c(-n2c3ccccc3c3c4sc5ccccc5c4ccc32)cc1C#N. The first-order valence-electron chi connectivity index (χ1n) is 15.8. The highest BCUT2D eigenvalue weighted by atomic mass is 32.1. The number of fused-ring (bicyclic) bond motifs is 10. The lowest BCUT2D eigenvalue weighted by atomic mass is 10.0. The summed E-state index contributed by atoms with van der Waals surface area (Å²) in [5.41, 5.74) is 8.61. The second kappa shape index (κ2) is 10.6. The van der Waals surface area contributed by atoms with Gasteiger partial charge in [-0.2, -0.15) is 10.5 Å². The molecule has 0 N–H and O–H groups in total. The predicted molar refractivity (Wildman–Crippen MR) is 201 cm³/mol. The zero-order valence-electron chi connectivity index (χ0n) is 26.0. The van der Waals surface area contributed by atoms with Gasteiger partial charge in [0.25, 0.3) is 0 Å². The molecular formula is C43H26N4S. The van der Waals surface area contributed by atoms with Gasteiger partial charge in [0, 0.05) is 41.7 Å². The topological polar surface area (TPSA) is 57.4 Å². The van der Waals surface area contributed by atoms with E-state index >= 15 is 0 Å². The van der Waals surface area contributed by atoms with E-state index in [0.717, 1.165) is 54.7 Å². The molecule has 0 amide bonds. The molecule has 0 aliphatic heterocycles. The molecule has 224 valence electrons. The monoisotopic (exact) mass is 630 g/mol. The van der Waals surface area contributed by atoms with Crippen molar-refractivity contribution in [1.82, 2.24) is 9.13 Å². The van der Waals surface area contributed by atoms with Crippen molar-refractivity contribution < 1.29 is 0 Å². The number of benzene rings is 6. The van der Waals surface area contributed by atoms with Crippen LogP contribution >= 0.6 is 11.3 Å². The van der Waals surface area contributed by atoms with Crippen LogP contribution in [0.25, 0.3) is 81.2 Å². The molecule has 3 aromatic heterocycles. The van der Waals surface area contributed by atoms with E-state index in [2.05, 4.69) is 120 Å². The minimum atomic E-state index is 0.494. The van der Waals surface area contributed by atoms with Crippen LogP contribution < -0.4 is 0 Å². The Morgan fingerprint density at radius 1 is 0.625 bits per heavy atom. The van der Waals surface area contributed by atoms with Crippen molar-refractivity contribution in [2.75, 3.05) is 0 Å². The van der Waals surface area contributed by atoms with Crippen molar-refractivity contribution in [3.63, 3.8) is 0 Å². The van der Waals surface area contributed by atoms with E-state index in [-0.39, 0.29) is 0 Å². The number of nitriles is 2. The largest absolute Gasteiger partial charge is 0.308 e. The van der Waals surface area contributed by atoms with Gasteiger partial charge in [-0.1, -0.05) is 91.5 Å². The maximum absolute atomic E-state index is 10.7. The summed E-state index contributed by atoms with van der Waals surface area (Å²) >= 11 is 1.80. The van der Waals surface area contributed by atoms with Gasteiger partial charge in [-0.3, -0.25) is 0 Å². The molecule has 48 heavy (non-hydrogen) atoms. The van der Waals surface area contributed by atoms with Gasteiger partial charge in [0.15, 0.2) is 0 Å². The van der Waals surface area contributed by atoms with E-state index < -0.39 is 0 Å². The number of allylic oxidation sites excluding steroid dienone is 2. The lowest BCUT2D eigenvalue weighted by Crippen LogP contribution is -2.04. The third-order valence-corrected chi connectivity index (χ3v) is 10.8. The molecule has 0 aliphatic rings. The molecule has 0 aliphatic carbocycles. The molecule has 5 heteroatoms. The van der Waals surface area contributed by atoms with Crippen molar-refractivity contribution in [3.8, 4) is 23.5 Å². The summed E-state index contributed by atoms with van der Waals surface area (Å²) in [7, 11) is 0. The molecule has 0 spiro atoms. The molecule has 0 unspecified atom stereocenters. The Labute approximate surface area is 280 Å². The smallest absolute Gasteiger partial charge is 0.101 e. The average molecular weight is 631 g/mol. The highest BCUT2D eigenvalue weighted by molar-refractivity contribution is 7.26. The Morgan fingerprint density at radius 2 is 1.19 bits per heavy atom. The second-order valence-corrected chi connectivity index (χ2v) is 13.1. The first-order valence-corrected chi connectivity index (χ1v) is 16.6. The number of aromatic nitrogens is 2. The summed E-state index contributed by atoms with van der Waals surface area (Å²) in [5.74, 6) is 0. The summed E-state index contributed by atoms with van der Waals surface area (Å²) in [6.07, 6.45) is 5.79. The Hall–Kier alpha value is -6.40. The normalized spacial score (nSPS) is 11.8. The first kappa shape index (κ1) is 27.9. The molecule has 4 nitrogen and oxygen atoms in total. The Bertz CT molecular complexity index is 2950.